The van der Waals surface area contributed by atoms with Crippen LogP contribution in [0, 0.1) is 0 Å². The third kappa shape index (κ3) is 27.4. The Kier molecular flexibility index (Phi) is 30.4. The highest BCUT2D eigenvalue weighted by Gasteiger charge is 2.30. The van der Waals surface area contributed by atoms with Crippen LogP contribution in [0.1, 0.15) is 126 Å². The van der Waals surface area contributed by atoms with Gasteiger partial charge in [0.2, 0.25) is 23.6 Å². The number of esters is 3. The Morgan fingerprint density at radius 3 is 1.38 bits per heavy atom. The largest absolute Gasteiger partial charge is 0.460 e. The molecule has 0 aromatic heterocycles. The van der Waals surface area contributed by atoms with Crippen molar-refractivity contribution >= 4 is 59.4 Å². The van der Waals surface area contributed by atoms with Gasteiger partial charge in [-0.15, -0.1) is 0 Å². The van der Waals surface area contributed by atoms with Gasteiger partial charge in [0, 0.05) is 24.3 Å². The highest BCUT2D eigenvalue weighted by Crippen LogP contribution is 2.14. The first-order valence-electron chi connectivity index (χ1n) is 26.7. The fourth-order valence-electron chi connectivity index (χ4n) is 7.71. The zero-order valence-electron chi connectivity index (χ0n) is 44.5. The van der Waals surface area contributed by atoms with Crippen molar-refractivity contribution in [3.8, 4) is 0 Å². The van der Waals surface area contributed by atoms with Crippen LogP contribution in [0.15, 0.2) is 121 Å². The van der Waals surface area contributed by atoms with Gasteiger partial charge >= 0.3 is 24.0 Å². The molecule has 0 saturated carbocycles. The molecule has 4 rings (SSSR count). The fraction of sp³-hybridized carbons (Fsp3) is 0.458. The molecule has 5 N–H and O–H groups in total. The van der Waals surface area contributed by atoms with Gasteiger partial charge in [-0.25, -0.2) is 14.4 Å². The van der Waals surface area contributed by atoms with Gasteiger partial charge < -0.3 is 45.5 Å². The summed E-state index contributed by atoms with van der Waals surface area (Å²) >= 11 is 1.02. The van der Waals surface area contributed by atoms with Gasteiger partial charge in [-0.05, 0) is 42.0 Å². The molecular formula is C59H77N5O12S. The fourth-order valence-corrected chi connectivity index (χ4v) is 8.77. The van der Waals surface area contributed by atoms with E-state index in [2.05, 4.69) is 33.5 Å². The van der Waals surface area contributed by atoms with Crippen molar-refractivity contribution in [2.45, 2.75) is 154 Å². The minimum absolute atomic E-state index is 0.0375. The van der Waals surface area contributed by atoms with Crippen molar-refractivity contribution in [1.29, 1.82) is 0 Å². The lowest BCUT2D eigenvalue weighted by atomic mass is 10.1. The van der Waals surface area contributed by atoms with Crippen LogP contribution in [0.5, 0.6) is 0 Å². The SMILES string of the molecule is CCCCCCCCCCCCCC(=O)N[C@@H](C)C(=O)N[C@H](CCC(=O)N[C@H](CSC[C@H](NC(=O)OCc1ccccc1)C(=O)OCc1ccccc1)C(=O)NCC(=O)OCc1ccccc1)C(=O)OCc1ccccc1. The second-order valence-corrected chi connectivity index (χ2v) is 19.7. The smallest absolute Gasteiger partial charge is 0.408 e. The number of carbonyl (C=O) groups is 8. The van der Waals surface area contributed by atoms with Crippen LogP contribution >= 0.6 is 11.8 Å². The zero-order valence-corrected chi connectivity index (χ0v) is 45.3. The Labute approximate surface area is 457 Å². The van der Waals surface area contributed by atoms with E-state index in [9.17, 15) is 38.4 Å². The molecule has 4 aromatic carbocycles. The number of carbonyl (C=O) groups excluding carboxylic acids is 8. The van der Waals surface area contributed by atoms with E-state index in [0.717, 1.165) is 42.2 Å². The summed E-state index contributed by atoms with van der Waals surface area (Å²) in [7, 11) is 0. The number of alkyl carbamates (subject to hydrolysis) is 1. The van der Waals surface area contributed by atoms with Crippen molar-refractivity contribution in [3.63, 3.8) is 0 Å². The Morgan fingerprint density at radius 1 is 0.442 bits per heavy atom. The molecule has 4 atom stereocenters. The normalized spacial score (nSPS) is 12.3. The quantitative estimate of drug-likeness (QED) is 0.0163. The number of hydrogen-bond acceptors (Lipinski definition) is 13. The minimum atomic E-state index is -1.33. The van der Waals surface area contributed by atoms with Crippen LogP contribution in [-0.2, 0) is 78.9 Å². The highest BCUT2D eigenvalue weighted by molar-refractivity contribution is 7.99. The monoisotopic (exact) mass is 1080 g/mol. The topological polar surface area (TPSA) is 234 Å². The number of benzene rings is 4. The van der Waals surface area contributed by atoms with E-state index in [1.165, 1.54) is 51.9 Å². The molecule has 0 radical (unpaired) electrons. The number of rotatable bonds is 37. The molecule has 0 aliphatic heterocycles. The predicted octanol–water partition coefficient (Wildman–Crippen LogP) is 8.32. The standard InChI is InChI=1S/C59H77N5O12S/c1-3-4-5-6-7-8-9-10-11-12-25-34-52(65)61-44(2)55(68)63-49(57(70)74-39-46-28-19-14-20-29-46)35-36-53(66)62-50(56(69)60-37-54(67)73-38-45-26-17-13-18-27-45)42-77-43-51(58(71)75-40-47-30-21-15-22-31-47)64-59(72)76-41-48-32-23-16-24-33-48/h13-24,26-33,44,49-51H,3-12,25,34-43H2,1-2H3,(H,60,69)(H,61,65)(H,62,66)(H,63,68)(H,64,72)/t44-,49+,50+,51-/m0/s1. The summed E-state index contributed by atoms with van der Waals surface area (Å²) in [4.78, 5) is 107. The molecule has 0 heterocycles. The maximum Gasteiger partial charge on any atom is 0.408 e. The summed E-state index contributed by atoms with van der Waals surface area (Å²) < 4.78 is 21.8. The molecule has 77 heavy (non-hydrogen) atoms. The number of ether oxygens (including phenoxy) is 4. The number of amides is 5. The van der Waals surface area contributed by atoms with E-state index in [1.807, 2.05) is 24.3 Å². The van der Waals surface area contributed by atoms with Crippen molar-refractivity contribution in [3.05, 3.63) is 144 Å². The third-order valence-electron chi connectivity index (χ3n) is 12.1. The maximum atomic E-state index is 13.8. The Morgan fingerprint density at radius 2 is 0.870 bits per heavy atom. The molecule has 0 saturated heterocycles. The molecule has 0 unspecified atom stereocenters. The number of unbranched alkanes of at least 4 members (excludes halogenated alkanes) is 10. The molecule has 0 bridgehead atoms. The van der Waals surface area contributed by atoms with Crippen LogP contribution in [-0.4, -0.2) is 89.8 Å². The van der Waals surface area contributed by atoms with Crippen LogP contribution in [0.25, 0.3) is 0 Å². The number of thioether (sulfide) groups is 1. The van der Waals surface area contributed by atoms with Gasteiger partial charge in [0.1, 0.15) is 57.1 Å². The van der Waals surface area contributed by atoms with E-state index in [0.29, 0.717) is 17.5 Å². The summed E-state index contributed by atoms with van der Waals surface area (Å²) in [6.07, 6.45) is 11.2. The molecule has 4 aromatic rings. The van der Waals surface area contributed by atoms with Crippen molar-refractivity contribution < 1.29 is 57.3 Å². The summed E-state index contributed by atoms with van der Waals surface area (Å²) in [5.74, 6) is -5.10. The number of nitrogens with one attached hydrogen (secondary N) is 5. The van der Waals surface area contributed by atoms with Crippen LogP contribution < -0.4 is 26.6 Å². The Balaban J connectivity index is 1.39. The van der Waals surface area contributed by atoms with Gasteiger partial charge in [-0.1, -0.05) is 192 Å². The molecule has 5 amide bonds. The van der Waals surface area contributed by atoms with Gasteiger partial charge in [0.25, 0.3) is 0 Å². The molecule has 0 aliphatic rings. The van der Waals surface area contributed by atoms with Crippen molar-refractivity contribution in [2.24, 2.45) is 0 Å². The van der Waals surface area contributed by atoms with Gasteiger partial charge in [0.05, 0.1) is 0 Å². The first-order chi connectivity index (χ1) is 37.4. The van der Waals surface area contributed by atoms with Gasteiger partial charge in [0.15, 0.2) is 0 Å². The van der Waals surface area contributed by atoms with Crippen LogP contribution in [0.3, 0.4) is 0 Å². The first kappa shape index (κ1) is 62.3. The van der Waals surface area contributed by atoms with E-state index in [-0.39, 0.29) is 63.1 Å². The molecule has 0 aliphatic carbocycles. The summed E-state index contributed by atoms with van der Waals surface area (Å²) in [5, 5.41) is 13.1. The lowest BCUT2D eigenvalue weighted by Crippen LogP contribution is -2.52. The molecule has 18 heteroatoms. The van der Waals surface area contributed by atoms with E-state index in [4.69, 9.17) is 18.9 Å². The predicted molar refractivity (Wildman–Crippen MR) is 294 cm³/mol. The molecular weight excluding hydrogens is 1000 g/mol. The molecule has 17 nitrogen and oxygen atoms in total. The van der Waals surface area contributed by atoms with Crippen molar-refractivity contribution in [2.75, 3.05) is 18.1 Å². The second-order valence-electron chi connectivity index (χ2n) is 18.6. The Bertz CT molecular complexity index is 2380. The van der Waals surface area contributed by atoms with Crippen molar-refractivity contribution in [1.82, 2.24) is 26.6 Å². The van der Waals surface area contributed by atoms with Crippen LogP contribution in [0.4, 0.5) is 4.79 Å². The summed E-state index contributed by atoms with van der Waals surface area (Å²) in [6, 6.07) is 30.8. The first-order valence-corrected chi connectivity index (χ1v) is 27.9. The van der Waals surface area contributed by atoms with E-state index >= 15 is 0 Å². The minimum Gasteiger partial charge on any atom is -0.460 e. The summed E-state index contributed by atoms with van der Waals surface area (Å²) in [6.45, 7) is 2.86. The summed E-state index contributed by atoms with van der Waals surface area (Å²) in [5.41, 5.74) is 2.84. The lowest BCUT2D eigenvalue weighted by molar-refractivity contribution is -0.149. The lowest BCUT2D eigenvalue weighted by Gasteiger charge is -2.22. The zero-order chi connectivity index (χ0) is 55.3. The van der Waals surface area contributed by atoms with E-state index < -0.39 is 72.4 Å². The molecule has 416 valence electrons. The maximum absolute atomic E-state index is 13.8. The van der Waals surface area contributed by atoms with Gasteiger partial charge in [-0.2, -0.15) is 11.8 Å². The third-order valence-corrected chi connectivity index (χ3v) is 13.3. The van der Waals surface area contributed by atoms with Crippen LogP contribution in [0.2, 0.25) is 0 Å². The average molecular weight is 1080 g/mol. The number of hydrogen-bond donors (Lipinski definition) is 5. The van der Waals surface area contributed by atoms with E-state index in [1.54, 1.807) is 97.1 Å². The Hall–Kier alpha value is -7.21. The van der Waals surface area contributed by atoms with Gasteiger partial charge in [-0.3, -0.25) is 24.0 Å². The molecule has 0 fully saturated rings. The highest BCUT2D eigenvalue weighted by atomic mass is 32.2. The molecule has 0 spiro atoms. The second kappa shape index (κ2) is 37.5. The average Bonchev–Trinajstić information content (AvgIpc) is 3.45.